The van der Waals surface area contributed by atoms with Gasteiger partial charge in [-0.2, -0.15) is 0 Å². The summed E-state index contributed by atoms with van der Waals surface area (Å²) in [5, 5.41) is 7.57. The van der Waals surface area contributed by atoms with Gasteiger partial charge in [0.25, 0.3) is 11.8 Å². The van der Waals surface area contributed by atoms with E-state index in [0.29, 0.717) is 29.4 Å². The van der Waals surface area contributed by atoms with Crippen LogP contribution in [-0.2, 0) is 4.79 Å². The topological polar surface area (TPSA) is 76.7 Å². The molecule has 0 aromatic heterocycles. The Kier molecular flexibility index (Phi) is 7.08. The first-order valence-corrected chi connectivity index (χ1v) is 11.1. The molecule has 2 amide bonds. The molecule has 0 atom stereocenters. The molecule has 0 aliphatic rings. The lowest BCUT2D eigenvalue weighted by Crippen LogP contribution is -2.22. The summed E-state index contributed by atoms with van der Waals surface area (Å²) < 4.78 is 11.4. The third kappa shape index (κ3) is 5.35. The molecule has 4 rings (SSSR count). The molecule has 0 aliphatic heterocycles. The number of aryl methyl sites for hydroxylation is 1. The van der Waals surface area contributed by atoms with Crippen LogP contribution in [0.15, 0.2) is 84.9 Å². The molecule has 0 bridgehead atoms. The van der Waals surface area contributed by atoms with E-state index in [2.05, 4.69) is 10.6 Å². The van der Waals surface area contributed by atoms with Gasteiger partial charge in [-0.3, -0.25) is 9.59 Å². The Labute approximate surface area is 198 Å². The van der Waals surface area contributed by atoms with E-state index in [9.17, 15) is 9.59 Å². The summed E-state index contributed by atoms with van der Waals surface area (Å²) in [5.74, 6) is 0.253. The normalized spacial score (nSPS) is 10.5. The zero-order valence-corrected chi connectivity index (χ0v) is 19.1. The lowest BCUT2D eigenvalue weighted by atomic mass is 10.0. The summed E-state index contributed by atoms with van der Waals surface area (Å²) in [5.41, 5.74) is 2.58. The monoisotopic (exact) mass is 454 g/mol. The predicted molar refractivity (Wildman–Crippen MR) is 135 cm³/mol. The number of carbonyl (C=O) groups is 2. The van der Waals surface area contributed by atoms with E-state index >= 15 is 0 Å². The average Bonchev–Trinajstić information content (AvgIpc) is 2.85. The van der Waals surface area contributed by atoms with Crippen molar-refractivity contribution >= 4 is 34.0 Å². The molecule has 0 heterocycles. The van der Waals surface area contributed by atoms with E-state index < -0.39 is 0 Å². The molecule has 4 aromatic carbocycles. The van der Waals surface area contributed by atoms with Crippen molar-refractivity contribution in [2.75, 3.05) is 23.8 Å². The van der Waals surface area contributed by atoms with E-state index in [-0.39, 0.29) is 18.4 Å². The van der Waals surface area contributed by atoms with Crippen LogP contribution in [0.25, 0.3) is 10.8 Å². The van der Waals surface area contributed by atoms with Crippen molar-refractivity contribution in [1.29, 1.82) is 0 Å². The summed E-state index contributed by atoms with van der Waals surface area (Å²) in [4.78, 5) is 25.8. The fraction of sp³-hybridized carbons (Fsp3) is 0.143. The Morgan fingerprint density at radius 2 is 1.38 bits per heavy atom. The lowest BCUT2D eigenvalue weighted by molar-refractivity contribution is -0.118. The molecule has 6 nitrogen and oxygen atoms in total. The second-order valence-electron chi connectivity index (χ2n) is 7.73. The van der Waals surface area contributed by atoms with Crippen LogP contribution in [0, 0.1) is 6.92 Å². The summed E-state index contributed by atoms with van der Waals surface area (Å²) >= 11 is 0. The van der Waals surface area contributed by atoms with Crippen LogP contribution in [-0.4, -0.2) is 25.0 Å². The van der Waals surface area contributed by atoms with Gasteiger partial charge >= 0.3 is 0 Å². The molecule has 2 N–H and O–H groups in total. The molecule has 0 spiro atoms. The second kappa shape index (κ2) is 10.5. The summed E-state index contributed by atoms with van der Waals surface area (Å²) in [6.45, 7) is 4.03. The number of nitrogens with one attached hydrogen (secondary N) is 2. The average molecular weight is 455 g/mol. The number of benzene rings is 4. The molecule has 34 heavy (non-hydrogen) atoms. The van der Waals surface area contributed by atoms with Crippen LogP contribution in [0.1, 0.15) is 22.8 Å². The van der Waals surface area contributed by atoms with Gasteiger partial charge in [0.1, 0.15) is 11.5 Å². The Balaban J connectivity index is 1.56. The van der Waals surface area contributed by atoms with Crippen LogP contribution < -0.4 is 20.1 Å². The van der Waals surface area contributed by atoms with E-state index in [1.165, 1.54) is 0 Å². The third-order valence-corrected chi connectivity index (χ3v) is 5.31. The SMILES string of the molecule is CCOc1ccccc1NC(=O)COc1cc2ccccc2cc1C(=O)Nc1ccccc1C. The minimum absolute atomic E-state index is 0.260. The number of para-hydroxylation sites is 3. The maximum absolute atomic E-state index is 13.2. The van der Waals surface area contributed by atoms with Gasteiger partial charge in [-0.05, 0) is 60.5 Å². The van der Waals surface area contributed by atoms with Crippen LogP contribution in [0.2, 0.25) is 0 Å². The first-order chi connectivity index (χ1) is 16.5. The fourth-order valence-corrected chi connectivity index (χ4v) is 3.60. The highest BCUT2D eigenvalue weighted by atomic mass is 16.5. The van der Waals surface area contributed by atoms with Crippen LogP contribution in [0.4, 0.5) is 11.4 Å². The van der Waals surface area contributed by atoms with Gasteiger partial charge < -0.3 is 20.1 Å². The number of amides is 2. The van der Waals surface area contributed by atoms with Gasteiger partial charge in [0.15, 0.2) is 6.61 Å². The number of ether oxygens (including phenoxy) is 2. The van der Waals surface area contributed by atoms with Crippen molar-refractivity contribution in [3.8, 4) is 11.5 Å². The molecule has 0 saturated carbocycles. The third-order valence-electron chi connectivity index (χ3n) is 5.31. The Morgan fingerprint density at radius 1 is 0.735 bits per heavy atom. The highest BCUT2D eigenvalue weighted by Crippen LogP contribution is 2.28. The molecular formula is C28H26N2O4. The number of hydrogen-bond acceptors (Lipinski definition) is 4. The number of carbonyl (C=O) groups excluding carboxylic acids is 2. The summed E-state index contributed by atoms with van der Waals surface area (Å²) in [6.07, 6.45) is 0. The van der Waals surface area contributed by atoms with Crippen molar-refractivity contribution in [1.82, 2.24) is 0 Å². The van der Waals surface area contributed by atoms with E-state index in [1.54, 1.807) is 24.3 Å². The van der Waals surface area contributed by atoms with Crippen LogP contribution >= 0.6 is 0 Å². The molecule has 0 aliphatic carbocycles. The fourth-order valence-electron chi connectivity index (χ4n) is 3.60. The Bertz CT molecular complexity index is 1330. The number of fused-ring (bicyclic) bond motifs is 1. The zero-order valence-electron chi connectivity index (χ0n) is 19.1. The molecule has 0 unspecified atom stereocenters. The first-order valence-electron chi connectivity index (χ1n) is 11.1. The number of hydrogen-bond donors (Lipinski definition) is 2. The molecule has 4 aromatic rings. The highest BCUT2D eigenvalue weighted by molar-refractivity contribution is 6.09. The minimum atomic E-state index is -0.356. The smallest absolute Gasteiger partial charge is 0.262 e. The van der Waals surface area contributed by atoms with E-state index in [1.807, 2.05) is 74.5 Å². The van der Waals surface area contributed by atoms with Crippen LogP contribution in [0.3, 0.4) is 0 Å². The van der Waals surface area contributed by atoms with Crippen LogP contribution in [0.5, 0.6) is 11.5 Å². The quantitative estimate of drug-likeness (QED) is 0.352. The van der Waals surface area contributed by atoms with Crippen molar-refractivity contribution in [2.45, 2.75) is 13.8 Å². The summed E-state index contributed by atoms with van der Waals surface area (Å²) in [6, 6.07) is 26.0. The predicted octanol–water partition coefficient (Wildman–Crippen LogP) is 5.82. The second-order valence-corrected chi connectivity index (χ2v) is 7.73. The maximum Gasteiger partial charge on any atom is 0.262 e. The molecule has 0 saturated heterocycles. The van der Waals surface area contributed by atoms with Crippen molar-refractivity contribution in [3.05, 3.63) is 96.1 Å². The van der Waals surface area contributed by atoms with Gasteiger partial charge in [0, 0.05) is 5.69 Å². The molecule has 0 radical (unpaired) electrons. The molecule has 172 valence electrons. The summed E-state index contributed by atoms with van der Waals surface area (Å²) in [7, 11) is 0. The number of rotatable bonds is 8. The highest BCUT2D eigenvalue weighted by Gasteiger charge is 2.17. The van der Waals surface area contributed by atoms with Gasteiger partial charge in [0.05, 0.1) is 17.9 Å². The van der Waals surface area contributed by atoms with Crippen molar-refractivity contribution < 1.29 is 19.1 Å². The molecule has 6 heteroatoms. The van der Waals surface area contributed by atoms with Crippen molar-refractivity contribution in [2.24, 2.45) is 0 Å². The van der Waals surface area contributed by atoms with Gasteiger partial charge in [-0.1, -0.05) is 54.6 Å². The van der Waals surface area contributed by atoms with E-state index in [0.717, 1.165) is 22.0 Å². The maximum atomic E-state index is 13.2. The lowest BCUT2D eigenvalue weighted by Gasteiger charge is -2.15. The molecular weight excluding hydrogens is 428 g/mol. The Morgan fingerprint density at radius 3 is 2.12 bits per heavy atom. The Hall–Kier alpha value is -4.32. The van der Waals surface area contributed by atoms with Gasteiger partial charge in [0.2, 0.25) is 0 Å². The largest absolute Gasteiger partial charge is 0.492 e. The van der Waals surface area contributed by atoms with Gasteiger partial charge in [-0.15, -0.1) is 0 Å². The zero-order chi connectivity index (χ0) is 23.9. The van der Waals surface area contributed by atoms with Gasteiger partial charge in [-0.25, -0.2) is 0 Å². The first kappa shape index (κ1) is 22.9. The standard InChI is InChI=1S/C28H26N2O4/c1-3-33-25-15-9-8-14-24(25)29-27(31)18-34-26-17-21-12-6-5-11-20(21)16-22(26)28(32)30-23-13-7-4-10-19(23)2/h4-17H,3,18H2,1-2H3,(H,29,31)(H,30,32). The van der Waals surface area contributed by atoms with E-state index in [4.69, 9.17) is 9.47 Å². The van der Waals surface area contributed by atoms with Crippen molar-refractivity contribution in [3.63, 3.8) is 0 Å². The molecule has 0 fully saturated rings. The minimum Gasteiger partial charge on any atom is -0.492 e. The number of anilines is 2.